The molecule has 0 fully saturated rings. The van der Waals surface area contributed by atoms with Crippen molar-refractivity contribution in [1.82, 2.24) is 9.55 Å². The molecule has 3 aromatic carbocycles. The van der Waals surface area contributed by atoms with E-state index in [4.69, 9.17) is 4.74 Å². The van der Waals surface area contributed by atoms with Crippen LogP contribution in [0.4, 0.5) is 10.1 Å². The molecule has 8 heteroatoms. The number of nitrogens with one attached hydrogen (secondary N) is 1. The van der Waals surface area contributed by atoms with E-state index in [1.165, 1.54) is 16.7 Å². The zero-order valence-corrected chi connectivity index (χ0v) is 18.9. The van der Waals surface area contributed by atoms with Gasteiger partial charge in [-0.05, 0) is 62.4 Å². The Balaban J connectivity index is 1.71. The minimum Gasteiger partial charge on any atom is -0.494 e. The summed E-state index contributed by atoms with van der Waals surface area (Å²) in [6, 6.07) is 20.1. The number of fused-ring (bicyclic) bond motifs is 1. The second-order valence-electron chi connectivity index (χ2n) is 7.21. The van der Waals surface area contributed by atoms with Crippen molar-refractivity contribution in [2.75, 3.05) is 11.9 Å². The Hall–Kier alpha value is -3.65. The fourth-order valence-corrected chi connectivity index (χ4v) is 4.21. The smallest absolute Gasteiger partial charge is 0.266 e. The number of carbonyl (C=O) groups excluding carboxylic acids is 1. The van der Waals surface area contributed by atoms with E-state index < -0.39 is 17.0 Å². The minimum absolute atomic E-state index is 0.102. The average molecular weight is 464 g/mol. The number of anilines is 1. The standard InChI is InChI=1S/C25H22FN3O3S/c1-3-32-18-14-12-17(13-15-18)29-24(31)19-8-4-6-10-21(19)28-25(29)33-16(2)23(30)27-22-11-7-5-9-20(22)26/h4-16H,3H2,1-2H3,(H,27,30). The highest BCUT2D eigenvalue weighted by Crippen LogP contribution is 2.27. The number of para-hydroxylation sites is 2. The highest BCUT2D eigenvalue weighted by atomic mass is 32.2. The van der Waals surface area contributed by atoms with Crippen LogP contribution >= 0.6 is 11.8 Å². The number of hydrogen-bond acceptors (Lipinski definition) is 5. The number of amides is 1. The van der Waals surface area contributed by atoms with Crippen LogP contribution in [0.2, 0.25) is 0 Å². The molecule has 168 valence electrons. The lowest BCUT2D eigenvalue weighted by Crippen LogP contribution is -2.26. The first-order valence-corrected chi connectivity index (χ1v) is 11.3. The third kappa shape index (κ3) is 4.90. The number of nitrogens with zero attached hydrogens (tertiary/aromatic N) is 2. The third-order valence-electron chi connectivity index (χ3n) is 4.93. The van der Waals surface area contributed by atoms with E-state index in [0.717, 1.165) is 11.8 Å². The van der Waals surface area contributed by atoms with E-state index in [1.54, 1.807) is 67.6 Å². The van der Waals surface area contributed by atoms with Gasteiger partial charge in [0.05, 0.1) is 34.1 Å². The van der Waals surface area contributed by atoms with Crippen molar-refractivity contribution in [1.29, 1.82) is 0 Å². The first kappa shape index (κ1) is 22.5. The Morgan fingerprint density at radius 3 is 2.52 bits per heavy atom. The van der Waals surface area contributed by atoms with Crippen molar-refractivity contribution >= 4 is 34.3 Å². The van der Waals surface area contributed by atoms with E-state index in [9.17, 15) is 14.0 Å². The van der Waals surface area contributed by atoms with Crippen LogP contribution in [0.1, 0.15) is 13.8 Å². The van der Waals surface area contributed by atoms with Crippen LogP contribution in [0, 0.1) is 5.82 Å². The Morgan fingerprint density at radius 1 is 1.09 bits per heavy atom. The van der Waals surface area contributed by atoms with Crippen molar-refractivity contribution < 1.29 is 13.9 Å². The molecule has 1 atom stereocenters. The van der Waals surface area contributed by atoms with E-state index in [0.29, 0.717) is 34.1 Å². The van der Waals surface area contributed by atoms with Crippen molar-refractivity contribution in [2.45, 2.75) is 24.3 Å². The SMILES string of the molecule is CCOc1ccc(-n2c(SC(C)C(=O)Nc3ccccc3F)nc3ccccc3c2=O)cc1. The molecule has 0 aliphatic rings. The van der Waals surface area contributed by atoms with Gasteiger partial charge >= 0.3 is 0 Å². The number of ether oxygens (including phenoxy) is 1. The summed E-state index contributed by atoms with van der Waals surface area (Å²) in [7, 11) is 0. The minimum atomic E-state index is -0.647. The topological polar surface area (TPSA) is 73.2 Å². The summed E-state index contributed by atoms with van der Waals surface area (Å²) in [5, 5.41) is 2.78. The Morgan fingerprint density at radius 2 is 1.79 bits per heavy atom. The molecule has 1 N–H and O–H groups in total. The zero-order valence-electron chi connectivity index (χ0n) is 18.1. The molecule has 6 nitrogen and oxygen atoms in total. The average Bonchev–Trinajstić information content (AvgIpc) is 2.82. The Bertz CT molecular complexity index is 1360. The lowest BCUT2D eigenvalue weighted by molar-refractivity contribution is -0.115. The largest absolute Gasteiger partial charge is 0.494 e. The fourth-order valence-electron chi connectivity index (χ4n) is 3.29. The molecule has 0 aliphatic carbocycles. The van der Waals surface area contributed by atoms with Crippen molar-refractivity contribution in [2.24, 2.45) is 0 Å². The van der Waals surface area contributed by atoms with Crippen LogP contribution in [0.5, 0.6) is 5.75 Å². The first-order chi connectivity index (χ1) is 16.0. The van der Waals surface area contributed by atoms with Gasteiger partial charge in [-0.2, -0.15) is 0 Å². The molecule has 4 aromatic rings. The number of benzene rings is 3. The lowest BCUT2D eigenvalue weighted by atomic mass is 10.2. The van der Waals surface area contributed by atoms with Gasteiger partial charge in [0.15, 0.2) is 5.16 Å². The molecule has 1 aromatic heterocycles. The van der Waals surface area contributed by atoms with Gasteiger partial charge in [-0.3, -0.25) is 14.2 Å². The molecule has 1 heterocycles. The van der Waals surface area contributed by atoms with Crippen LogP contribution in [-0.4, -0.2) is 27.3 Å². The number of hydrogen-bond donors (Lipinski definition) is 1. The summed E-state index contributed by atoms with van der Waals surface area (Å²) in [6.07, 6.45) is 0. The van der Waals surface area contributed by atoms with Crippen molar-refractivity contribution in [3.05, 3.63) is 89.0 Å². The van der Waals surface area contributed by atoms with Gasteiger partial charge in [0.25, 0.3) is 5.56 Å². The van der Waals surface area contributed by atoms with E-state index in [1.807, 2.05) is 6.92 Å². The highest BCUT2D eigenvalue weighted by Gasteiger charge is 2.21. The van der Waals surface area contributed by atoms with Crippen LogP contribution < -0.4 is 15.6 Å². The molecule has 0 saturated carbocycles. The molecule has 0 saturated heterocycles. The normalized spacial score (nSPS) is 11.8. The van der Waals surface area contributed by atoms with Crippen LogP contribution in [0.15, 0.2) is 82.7 Å². The number of thioether (sulfide) groups is 1. The molecule has 0 radical (unpaired) electrons. The van der Waals surface area contributed by atoms with Gasteiger partial charge < -0.3 is 10.1 Å². The van der Waals surface area contributed by atoms with Crippen molar-refractivity contribution in [3.63, 3.8) is 0 Å². The predicted octanol–water partition coefficient (Wildman–Crippen LogP) is 5.04. The van der Waals surface area contributed by atoms with Gasteiger partial charge in [-0.15, -0.1) is 0 Å². The van der Waals surface area contributed by atoms with Gasteiger partial charge in [0.1, 0.15) is 11.6 Å². The summed E-state index contributed by atoms with van der Waals surface area (Å²) in [6.45, 7) is 4.12. The number of aromatic nitrogens is 2. The fraction of sp³-hybridized carbons (Fsp3) is 0.160. The summed E-state index contributed by atoms with van der Waals surface area (Å²) in [5.74, 6) is -0.223. The quantitative estimate of drug-likeness (QED) is 0.307. The molecule has 33 heavy (non-hydrogen) atoms. The molecule has 1 unspecified atom stereocenters. The lowest BCUT2D eigenvalue weighted by Gasteiger charge is -2.17. The van der Waals surface area contributed by atoms with E-state index in [-0.39, 0.29) is 11.2 Å². The maximum atomic E-state index is 14.0. The van der Waals surface area contributed by atoms with E-state index in [2.05, 4.69) is 10.3 Å². The Labute approximate surface area is 194 Å². The van der Waals surface area contributed by atoms with Crippen molar-refractivity contribution in [3.8, 4) is 11.4 Å². The summed E-state index contributed by atoms with van der Waals surface area (Å²) >= 11 is 1.13. The molecule has 0 spiro atoms. The van der Waals surface area contributed by atoms with Gasteiger partial charge in [0, 0.05) is 0 Å². The number of carbonyl (C=O) groups is 1. The first-order valence-electron chi connectivity index (χ1n) is 10.4. The predicted molar refractivity (Wildman–Crippen MR) is 129 cm³/mol. The molecular formula is C25H22FN3O3S. The van der Waals surface area contributed by atoms with Gasteiger partial charge in [-0.25, -0.2) is 9.37 Å². The molecular weight excluding hydrogens is 441 g/mol. The van der Waals surface area contributed by atoms with Gasteiger partial charge in [0.2, 0.25) is 5.91 Å². The van der Waals surface area contributed by atoms with Crippen LogP contribution in [-0.2, 0) is 4.79 Å². The maximum Gasteiger partial charge on any atom is 0.266 e. The monoisotopic (exact) mass is 463 g/mol. The van der Waals surface area contributed by atoms with Crippen LogP contribution in [0.25, 0.3) is 16.6 Å². The zero-order chi connectivity index (χ0) is 23.4. The number of halogens is 1. The third-order valence-corrected chi connectivity index (χ3v) is 5.99. The number of rotatable bonds is 7. The Kier molecular flexibility index (Phi) is 6.74. The maximum absolute atomic E-state index is 14.0. The summed E-state index contributed by atoms with van der Waals surface area (Å²) in [4.78, 5) is 30.8. The highest BCUT2D eigenvalue weighted by molar-refractivity contribution is 8.00. The molecule has 0 aliphatic heterocycles. The van der Waals surface area contributed by atoms with Crippen LogP contribution in [0.3, 0.4) is 0 Å². The summed E-state index contributed by atoms with van der Waals surface area (Å²) < 4.78 is 20.9. The molecule has 0 bridgehead atoms. The summed E-state index contributed by atoms with van der Waals surface area (Å²) in [5.41, 5.74) is 0.999. The second-order valence-corrected chi connectivity index (χ2v) is 8.52. The van der Waals surface area contributed by atoms with Gasteiger partial charge in [-0.1, -0.05) is 36.0 Å². The molecule has 4 rings (SSSR count). The molecule has 1 amide bonds. The van der Waals surface area contributed by atoms with E-state index >= 15 is 0 Å². The second kappa shape index (κ2) is 9.87.